The molecule has 1 amide bonds. The van der Waals surface area contributed by atoms with Crippen molar-refractivity contribution in [3.05, 3.63) is 28.8 Å². The summed E-state index contributed by atoms with van der Waals surface area (Å²) in [4.78, 5) is 15.0. The number of piperidine rings is 2. The predicted octanol–water partition coefficient (Wildman–Crippen LogP) is 3.63. The van der Waals surface area contributed by atoms with Crippen molar-refractivity contribution in [2.24, 2.45) is 11.8 Å². The van der Waals surface area contributed by atoms with Gasteiger partial charge in [-0.2, -0.15) is 4.31 Å². The third-order valence-electron chi connectivity index (χ3n) is 5.28. The molecular formula is C19H27ClN2O3S. The number of rotatable bonds is 3. The Labute approximate surface area is 161 Å². The third-order valence-corrected chi connectivity index (χ3v) is 7.50. The lowest BCUT2D eigenvalue weighted by Gasteiger charge is -2.35. The zero-order chi connectivity index (χ0) is 18.9. The Morgan fingerprint density at radius 1 is 1.08 bits per heavy atom. The number of carbonyl (C=O) groups excluding carboxylic acids is 1. The fourth-order valence-corrected chi connectivity index (χ4v) is 5.82. The maximum absolute atomic E-state index is 13.0. The first-order chi connectivity index (χ1) is 12.3. The van der Waals surface area contributed by atoms with Crippen LogP contribution in [0, 0.1) is 11.8 Å². The van der Waals surface area contributed by atoms with Gasteiger partial charge in [0.1, 0.15) is 0 Å². The molecule has 5 nitrogen and oxygen atoms in total. The molecule has 0 unspecified atom stereocenters. The van der Waals surface area contributed by atoms with Crippen molar-refractivity contribution in [1.29, 1.82) is 0 Å². The number of nitrogens with zero attached hydrogens (tertiary/aromatic N) is 2. The SMILES string of the molecule is C[C@@H]1C[C@H](C)CN(C(=O)c2cc(S(=O)(=O)N3CCCCC3)ccc2Cl)C1. The zero-order valence-electron chi connectivity index (χ0n) is 15.4. The van der Waals surface area contributed by atoms with E-state index in [9.17, 15) is 13.2 Å². The fraction of sp³-hybridized carbons (Fsp3) is 0.632. The summed E-state index contributed by atoms with van der Waals surface area (Å²) >= 11 is 6.26. The van der Waals surface area contributed by atoms with Crippen LogP contribution in [0.1, 0.15) is 49.9 Å². The summed E-state index contributed by atoms with van der Waals surface area (Å²) in [5, 5.41) is 0.304. The van der Waals surface area contributed by atoms with Gasteiger partial charge in [0.05, 0.1) is 15.5 Å². The summed E-state index contributed by atoms with van der Waals surface area (Å²) in [5.74, 6) is 0.688. The van der Waals surface area contributed by atoms with E-state index in [0.717, 1.165) is 25.7 Å². The highest BCUT2D eigenvalue weighted by Gasteiger charge is 2.30. The summed E-state index contributed by atoms with van der Waals surface area (Å²) in [6.45, 7) is 6.71. The number of hydrogen-bond donors (Lipinski definition) is 0. The Morgan fingerprint density at radius 3 is 2.31 bits per heavy atom. The predicted molar refractivity (Wildman–Crippen MR) is 103 cm³/mol. The van der Waals surface area contributed by atoms with Crippen LogP contribution >= 0.6 is 11.6 Å². The van der Waals surface area contributed by atoms with E-state index >= 15 is 0 Å². The van der Waals surface area contributed by atoms with Crippen molar-refractivity contribution < 1.29 is 13.2 Å². The van der Waals surface area contributed by atoms with Gasteiger partial charge < -0.3 is 4.90 Å². The van der Waals surface area contributed by atoms with Gasteiger partial charge in [0.2, 0.25) is 10.0 Å². The average molecular weight is 399 g/mol. The van der Waals surface area contributed by atoms with Crippen molar-refractivity contribution in [1.82, 2.24) is 9.21 Å². The van der Waals surface area contributed by atoms with Gasteiger partial charge in [0.25, 0.3) is 5.91 Å². The molecule has 2 atom stereocenters. The highest BCUT2D eigenvalue weighted by atomic mass is 35.5. The molecule has 26 heavy (non-hydrogen) atoms. The molecule has 2 saturated heterocycles. The number of amides is 1. The van der Waals surface area contributed by atoms with E-state index in [1.165, 1.54) is 22.5 Å². The molecule has 0 radical (unpaired) electrons. The molecular weight excluding hydrogens is 372 g/mol. The molecule has 0 aliphatic carbocycles. The van der Waals surface area contributed by atoms with Gasteiger partial charge in [-0.1, -0.05) is 31.9 Å². The highest BCUT2D eigenvalue weighted by molar-refractivity contribution is 7.89. The number of likely N-dealkylation sites (tertiary alicyclic amines) is 1. The van der Waals surface area contributed by atoms with Gasteiger partial charge >= 0.3 is 0 Å². The molecule has 144 valence electrons. The second-order valence-electron chi connectivity index (χ2n) is 7.76. The molecule has 1 aromatic rings. The third kappa shape index (κ3) is 4.07. The van der Waals surface area contributed by atoms with Gasteiger partial charge in [-0.25, -0.2) is 8.42 Å². The van der Waals surface area contributed by atoms with Crippen molar-refractivity contribution in [2.45, 2.75) is 44.4 Å². The van der Waals surface area contributed by atoms with Crippen molar-refractivity contribution >= 4 is 27.5 Å². The van der Waals surface area contributed by atoms with Crippen molar-refractivity contribution in [3.8, 4) is 0 Å². The lowest BCUT2D eigenvalue weighted by Crippen LogP contribution is -2.42. The van der Waals surface area contributed by atoms with E-state index in [4.69, 9.17) is 11.6 Å². The van der Waals surface area contributed by atoms with E-state index in [1.54, 1.807) is 4.90 Å². The summed E-state index contributed by atoms with van der Waals surface area (Å²) in [5.41, 5.74) is 0.283. The van der Waals surface area contributed by atoms with Crippen LogP contribution in [0.25, 0.3) is 0 Å². The maximum atomic E-state index is 13.0. The first-order valence-electron chi connectivity index (χ1n) is 9.38. The molecule has 2 heterocycles. The molecule has 3 rings (SSSR count). The Kier molecular flexibility index (Phi) is 5.94. The molecule has 2 aliphatic rings. The van der Waals surface area contributed by atoms with Gasteiger partial charge in [0, 0.05) is 26.2 Å². The van der Waals surface area contributed by atoms with E-state index in [2.05, 4.69) is 13.8 Å². The topological polar surface area (TPSA) is 57.7 Å². The number of sulfonamides is 1. The second-order valence-corrected chi connectivity index (χ2v) is 10.1. The largest absolute Gasteiger partial charge is 0.338 e. The van der Waals surface area contributed by atoms with Crippen molar-refractivity contribution in [2.75, 3.05) is 26.2 Å². The molecule has 0 N–H and O–H groups in total. The standard InChI is InChI=1S/C19H27ClN2O3S/c1-14-10-15(2)13-21(12-14)19(23)17-11-16(6-7-18(17)20)26(24,25)22-8-4-3-5-9-22/h6-7,11,14-15H,3-5,8-10,12-13H2,1-2H3/t14-,15+. The second kappa shape index (κ2) is 7.87. The minimum absolute atomic E-state index is 0.158. The molecule has 2 aliphatic heterocycles. The number of benzene rings is 1. The van der Waals surface area contributed by atoms with E-state index in [-0.39, 0.29) is 16.4 Å². The first kappa shape index (κ1) is 19.6. The monoisotopic (exact) mass is 398 g/mol. The van der Waals surface area contributed by atoms with E-state index < -0.39 is 10.0 Å². The zero-order valence-corrected chi connectivity index (χ0v) is 17.0. The lowest BCUT2D eigenvalue weighted by molar-refractivity contribution is 0.0623. The highest BCUT2D eigenvalue weighted by Crippen LogP contribution is 2.28. The minimum atomic E-state index is -3.58. The quantitative estimate of drug-likeness (QED) is 0.781. The fourth-order valence-electron chi connectivity index (χ4n) is 4.08. The molecule has 0 spiro atoms. The molecule has 0 saturated carbocycles. The Balaban J connectivity index is 1.89. The summed E-state index contributed by atoms with van der Waals surface area (Å²) in [6.07, 6.45) is 3.91. The van der Waals surface area contributed by atoms with Crippen molar-refractivity contribution in [3.63, 3.8) is 0 Å². The minimum Gasteiger partial charge on any atom is -0.338 e. The summed E-state index contributed by atoms with van der Waals surface area (Å²) in [7, 11) is -3.58. The Morgan fingerprint density at radius 2 is 1.69 bits per heavy atom. The summed E-state index contributed by atoms with van der Waals surface area (Å²) in [6, 6.07) is 4.49. The van der Waals surface area contributed by atoms with E-state index in [0.29, 0.717) is 43.0 Å². The van der Waals surface area contributed by atoms with Crippen LogP contribution in [0.5, 0.6) is 0 Å². The normalized spacial score (nSPS) is 25.3. The Bertz CT molecular complexity index is 765. The summed E-state index contributed by atoms with van der Waals surface area (Å²) < 4.78 is 27.3. The van der Waals surface area contributed by atoms with Crippen LogP contribution in [0.4, 0.5) is 0 Å². The van der Waals surface area contributed by atoms with Gasteiger partial charge in [-0.05, 0) is 49.3 Å². The molecule has 1 aromatic carbocycles. The van der Waals surface area contributed by atoms with E-state index in [1.807, 2.05) is 0 Å². The molecule has 2 fully saturated rings. The first-order valence-corrected chi connectivity index (χ1v) is 11.2. The van der Waals surface area contributed by atoms with Crippen LogP contribution in [0.15, 0.2) is 23.1 Å². The van der Waals surface area contributed by atoms with Crippen LogP contribution in [-0.4, -0.2) is 49.7 Å². The number of halogens is 1. The van der Waals surface area contributed by atoms with Crippen LogP contribution in [-0.2, 0) is 10.0 Å². The number of hydrogen-bond acceptors (Lipinski definition) is 3. The average Bonchev–Trinajstić information content (AvgIpc) is 2.61. The molecule has 7 heteroatoms. The van der Waals surface area contributed by atoms with Gasteiger partial charge in [-0.3, -0.25) is 4.79 Å². The van der Waals surface area contributed by atoms with Crippen LogP contribution in [0.3, 0.4) is 0 Å². The smallest absolute Gasteiger partial charge is 0.255 e. The van der Waals surface area contributed by atoms with Crippen LogP contribution in [0.2, 0.25) is 5.02 Å². The lowest BCUT2D eigenvalue weighted by atomic mass is 9.91. The van der Waals surface area contributed by atoms with Gasteiger partial charge in [0.15, 0.2) is 0 Å². The maximum Gasteiger partial charge on any atom is 0.255 e. The Hall–Kier alpha value is -1.11. The molecule has 0 bridgehead atoms. The number of carbonyl (C=O) groups is 1. The molecule has 0 aromatic heterocycles. The van der Waals surface area contributed by atoms with Crippen LogP contribution < -0.4 is 0 Å². The van der Waals surface area contributed by atoms with Gasteiger partial charge in [-0.15, -0.1) is 0 Å².